The third-order valence-corrected chi connectivity index (χ3v) is 3.23. The first-order chi connectivity index (χ1) is 8.97. The molecule has 1 fully saturated rings. The lowest BCUT2D eigenvalue weighted by atomic mass is 10.1. The predicted octanol–water partition coefficient (Wildman–Crippen LogP) is 2.41. The fourth-order valence-electron chi connectivity index (χ4n) is 2.43. The molecule has 1 saturated heterocycles. The molecule has 0 aromatic heterocycles. The number of halogens is 2. The minimum absolute atomic E-state index is 0.0327. The van der Waals surface area contributed by atoms with Gasteiger partial charge in [-0.05, 0) is 5.92 Å². The SMILES string of the molecule is C[C](C)CN1CCN(c2c(F)cc(O)cc2F)CC1. The second-order valence-corrected chi connectivity index (χ2v) is 5.23. The highest BCUT2D eigenvalue weighted by Crippen LogP contribution is 2.28. The Labute approximate surface area is 112 Å². The van der Waals surface area contributed by atoms with Gasteiger partial charge in [-0.15, -0.1) is 0 Å². The Bertz CT molecular complexity index is 420. The van der Waals surface area contributed by atoms with E-state index in [0.29, 0.717) is 13.1 Å². The zero-order chi connectivity index (χ0) is 14.0. The van der Waals surface area contributed by atoms with Gasteiger partial charge in [-0.3, -0.25) is 4.90 Å². The number of hydrogen-bond donors (Lipinski definition) is 1. The van der Waals surface area contributed by atoms with Crippen molar-refractivity contribution in [1.82, 2.24) is 4.90 Å². The first-order valence-electron chi connectivity index (χ1n) is 6.41. The number of anilines is 1. The van der Waals surface area contributed by atoms with E-state index >= 15 is 0 Å². The molecule has 0 bridgehead atoms. The van der Waals surface area contributed by atoms with E-state index in [-0.39, 0.29) is 11.4 Å². The molecular weight excluding hydrogens is 250 g/mol. The van der Waals surface area contributed by atoms with Crippen LogP contribution in [-0.4, -0.2) is 42.7 Å². The number of benzene rings is 1. The average molecular weight is 269 g/mol. The van der Waals surface area contributed by atoms with Crippen LogP contribution in [0.25, 0.3) is 0 Å². The molecule has 19 heavy (non-hydrogen) atoms. The molecule has 0 unspecified atom stereocenters. The standard InChI is InChI=1S/C14H19F2N2O/c1-10(2)9-17-3-5-18(6-4-17)14-12(15)7-11(19)8-13(14)16/h7-8,19H,3-6,9H2,1-2H3. The molecule has 0 aliphatic carbocycles. The van der Waals surface area contributed by atoms with Gasteiger partial charge in [0.2, 0.25) is 0 Å². The summed E-state index contributed by atoms with van der Waals surface area (Å²) in [5.74, 6) is -0.461. The summed E-state index contributed by atoms with van der Waals surface area (Å²) in [6, 6.07) is 1.91. The number of piperazine rings is 1. The molecule has 1 aromatic carbocycles. The van der Waals surface area contributed by atoms with Crippen LogP contribution >= 0.6 is 0 Å². The molecule has 1 N–H and O–H groups in total. The zero-order valence-electron chi connectivity index (χ0n) is 11.3. The van der Waals surface area contributed by atoms with Gasteiger partial charge < -0.3 is 10.0 Å². The monoisotopic (exact) mass is 269 g/mol. The van der Waals surface area contributed by atoms with Gasteiger partial charge >= 0.3 is 0 Å². The molecule has 3 nitrogen and oxygen atoms in total. The van der Waals surface area contributed by atoms with Crippen LogP contribution in [0.5, 0.6) is 5.75 Å². The van der Waals surface area contributed by atoms with Crippen LogP contribution in [0.2, 0.25) is 0 Å². The Kier molecular flexibility index (Phi) is 4.24. The zero-order valence-corrected chi connectivity index (χ0v) is 11.3. The molecule has 1 aromatic rings. The molecule has 105 valence electrons. The van der Waals surface area contributed by atoms with Gasteiger partial charge in [-0.2, -0.15) is 0 Å². The van der Waals surface area contributed by atoms with Gasteiger partial charge in [-0.25, -0.2) is 8.78 Å². The van der Waals surface area contributed by atoms with Crippen molar-refractivity contribution < 1.29 is 13.9 Å². The summed E-state index contributed by atoms with van der Waals surface area (Å²) in [4.78, 5) is 3.97. The number of rotatable bonds is 3. The number of phenols is 1. The van der Waals surface area contributed by atoms with Gasteiger partial charge in [-0.1, -0.05) is 13.8 Å². The molecule has 0 amide bonds. The van der Waals surface area contributed by atoms with E-state index in [4.69, 9.17) is 5.11 Å². The van der Waals surface area contributed by atoms with Crippen LogP contribution in [0.1, 0.15) is 13.8 Å². The van der Waals surface area contributed by atoms with Crippen LogP contribution in [-0.2, 0) is 0 Å². The average Bonchev–Trinajstić information content (AvgIpc) is 2.29. The highest BCUT2D eigenvalue weighted by Gasteiger charge is 2.23. The first kappa shape index (κ1) is 14.1. The molecule has 2 rings (SSSR count). The van der Waals surface area contributed by atoms with Gasteiger partial charge in [0.1, 0.15) is 11.4 Å². The molecular formula is C14H19F2N2O. The lowest BCUT2D eigenvalue weighted by Gasteiger charge is -2.36. The first-order valence-corrected chi connectivity index (χ1v) is 6.41. The number of hydrogen-bond acceptors (Lipinski definition) is 3. The molecule has 0 atom stereocenters. The number of phenolic OH excluding ortho intramolecular Hbond substituents is 1. The second-order valence-electron chi connectivity index (χ2n) is 5.23. The predicted molar refractivity (Wildman–Crippen MR) is 71.3 cm³/mol. The summed E-state index contributed by atoms with van der Waals surface area (Å²) in [5.41, 5.74) is -0.0327. The van der Waals surface area contributed by atoms with Crippen molar-refractivity contribution in [2.45, 2.75) is 13.8 Å². The van der Waals surface area contributed by atoms with Crippen molar-refractivity contribution in [1.29, 1.82) is 0 Å². The molecule has 1 heterocycles. The Morgan fingerprint density at radius 2 is 1.63 bits per heavy atom. The maximum atomic E-state index is 13.7. The summed E-state index contributed by atoms with van der Waals surface area (Å²) in [7, 11) is 0. The lowest BCUT2D eigenvalue weighted by Crippen LogP contribution is -2.47. The largest absolute Gasteiger partial charge is 0.508 e. The third kappa shape index (κ3) is 3.35. The number of aromatic hydroxyl groups is 1. The van der Waals surface area contributed by atoms with Crippen molar-refractivity contribution in [2.24, 2.45) is 0 Å². The Morgan fingerprint density at radius 3 is 2.11 bits per heavy atom. The van der Waals surface area contributed by atoms with Crippen LogP contribution in [0.4, 0.5) is 14.5 Å². The maximum absolute atomic E-state index is 13.7. The fraction of sp³-hybridized carbons (Fsp3) is 0.500. The topological polar surface area (TPSA) is 26.7 Å². The highest BCUT2D eigenvalue weighted by atomic mass is 19.1. The Morgan fingerprint density at radius 1 is 1.11 bits per heavy atom. The minimum atomic E-state index is -0.704. The van der Waals surface area contributed by atoms with Crippen LogP contribution < -0.4 is 4.90 Å². The van der Waals surface area contributed by atoms with Gasteiger partial charge in [0.15, 0.2) is 11.6 Å². The van der Waals surface area contributed by atoms with Crippen LogP contribution in [0.3, 0.4) is 0 Å². The Balaban J connectivity index is 2.06. The van der Waals surface area contributed by atoms with Gasteiger partial charge in [0.25, 0.3) is 0 Å². The van der Waals surface area contributed by atoms with Gasteiger partial charge in [0.05, 0.1) is 0 Å². The summed E-state index contributed by atoms with van der Waals surface area (Å²) in [5, 5.41) is 9.15. The summed E-state index contributed by atoms with van der Waals surface area (Å²) >= 11 is 0. The van der Waals surface area contributed by atoms with Gasteiger partial charge in [0, 0.05) is 44.9 Å². The summed E-state index contributed by atoms with van der Waals surface area (Å²) < 4.78 is 27.5. The molecule has 5 heteroatoms. The van der Waals surface area contributed by atoms with Crippen LogP contribution in [0, 0.1) is 17.6 Å². The lowest BCUT2D eigenvalue weighted by molar-refractivity contribution is 0.266. The molecule has 0 spiro atoms. The normalized spacial score (nSPS) is 17.2. The molecule has 1 aliphatic heterocycles. The minimum Gasteiger partial charge on any atom is -0.508 e. The van der Waals surface area contributed by atoms with Crippen molar-refractivity contribution in [2.75, 3.05) is 37.6 Å². The summed E-state index contributed by atoms with van der Waals surface area (Å²) in [6.45, 7) is 7.82. The van der Waals surface area contributed by atoms with Crippen molar-refractivity contribution >= 4 is 5.69 Å². The smallest absolute Gasteiger partial charge is 0.153 e. The maximum Gasteiger partial charge on any atom is 0.153 e. The number of nitrogens with zero attached hydrogens (tertiary/aromatic N) is 2. The van der Waals surface area contributed by atoms with E-state index in [1.165, 1.54) is 5.92 Å². The van der Waals surface area contributed by atoms with Crippen molar-refractivity contribution in [3.8, 4) is 5.75 Å². The van der Waals surface area contributed by atoms with Crippen molar-refractivity contribution in [3.05, 3.63) is 29.7 Å². The quantitative estimate of drug-likeness (QED) is 0.913. The summed E-state index contributed by atoms with van der Waals surface area (Å²) in [6.07, 6.45) is 0. The van der Waals surface area contributed by atoms with E-state index in [9.17, 15) is 8.78 Å². The van der Waals surface area contributed by atoms with E-state index in [2.05, 4.69) is 18.7 Å². The van der Waals surface area contributed by atoms with E-state index in [1.54, 1.807) is 4.90 Å². The van der Waals surface area contributed by atoms with E-state index in [0.717, 1.165) is 31.8 Å². The second kappa shape index (κ2) is 5.74. The Hall–Kier alpha value is -1.36. The molecule has 0 saturated carbocycles. The highest BCUT2D eigenvalue weighted by molar-refractivity contribution is 5.52. The fourth-order valence-corrected chi connectivity index (χ4v) is 2.43. The van der Waals surface area contributed by atoms with Crippen LogP contribution in [0.15, 0.2) is 12.1 Å². The third-order valence-electron chi connectivity index (χ3n) is 3.23. The molecule has 1 aliphatic rings. The molecule has 1 radical (unpaired) electrons. The van der Waals surface area contributed by atoms with E-state index in [1.807, 2.05) is 0 Å². The van der Waals surface area contributed by atoms with E-state index < -0.39 is 11.6 Å². The van der Waals surface area contributed by atoms with Crippen molar-refractivity contribution in [3.63, 3.8) is 0 Å².